The molecule has 1 N–H and O–H groups in total. The lowest BCUT2D eigenvalue weighted by molar-refractivity contribution is 0.0776. The minimum absolute atomic E-state index is 0.0937. The summed E-state index contributed by atoms with van der Waals surface area (Å²) in [5, 5.41) is 4.30. The lowest BCUT2D eigenvalue weighted by atomic mass is 10.1. The molecule has 1 aliphatic rings. The van der Waals surface area contributed by atoms with Crippen molar-refractivity contribution in [2.45, 2.75) is 13.5 Å². The largest absolute Gasteiger partial charge is 0.493 e. The number of thiophene rings is 1. The number of thioether (sulfide) groups is 1. The number of aryl methyl sites for hydroxylation is 1. The molecule has 158 valence electrons. The smallest absolute Gasteiger partial charge is 0.264 e. The molecule has 4 rings (SSSR count). The molecule has 30 heavy (non-hydrogen) atoms. The van der Waals surface area contributed by atoms with Crippen LogP contribution in [0.15, 0.2) is 24.5 Å². The predicted molar refractivity (Wildman–Crippen MR) is 122 cm³/mol. The summed E-state index contributed by atoms with van der Waals surface area (Å²) in [4.78, 5) is 25.4. The van der Waals surface area contributed by atoms with Crippen molar-refractivity contribution in [2.24, 2.45) is 0 Å². The summed E-state index contributed by atoms with van der Waals surface area (Å²) in [5.41, 5.74) is 1.89. The van der Waals surface area contributed by atoms with Crippen molar-refractivity contribution in [1.29, 1.82) is 0 Å². The van der Waals surface area contributed by atoms with Crippen molar-refractivity contribution < 1.29 is 14.3 Å². The number of hydrogen-bond acceptors (Lipinski definition) is 8. The Morgan fingerprint density at radius 1 is 1.20 bits per heavy atom. The van der Waals surface area contributed by atoms with Crippen LogP contribution in [0.4, 0.5) is 5.82 Å². The number of carbonyl (C=O) groups is 1. The van der Waals surface area contributed by atoms with E-state index in [0.717, 1.165) is 50.8 Å². The summed E-state index contributed by atoms with van der Waals surface area (Å²) < 4.78 is 10.9. The highest BCUT2D eigenvalue weighted by Gasteiger charge is 2.25. The third-order valence-electron chi connectivity index (χ3n) is 5.15. The van der Waals surface area contributed by atoms with Gasteiger partial charge in [0.05, 0.1) is 24.5 Å². The van der Waals surface area contributed by atoms with Crippen LogP contribution < -0.4 is 14.8 Å². The summed E-state index contributed by atoms with van der Waals surface area (Å²) in [6.07, 6.45) is 1.54. The Bertz CT molecular complexity index is 1060. The molecule has 0 aliphatic carbocycles. The first kappa shape index (κ1) is 20.7. The second-order valence-corrected chi connectivity index (χ2v) is 9.09. The number of nitrogens with zero attached hydrogens (tertiary/aromatic N) is 3. The lowest BCUT2D eigenvalue weighted by Crippen LogP contribution is -2.37. The Morgan fingerprint density at radius 2 is 2.00 bits per heavy atom. The normalized spacial score (nSPS) is 14.0. The number of para-hydroxylation sites is 1. The first-order chi connectivity index (χ1) is 14.6. The zero-order valence-electron chi connectivity index (χ0n) is 17.2. The Hall–Kier alpha value is -2.52. The van der Waals surface area contributed by atoms with Crippen molar-refractivity contribution in [3.05, 3.63) is 40.5 Å². The molecule has 1 saturated heterocycles. The number of benzene rings is 1. The van der Waals surface area contributed by atoms with Crippen LogP contribution in [0, 0.1) is 6.92 Å². The van der Waals surface area contributed by atoms with E-state index in [1.807, 2.05) is 41.8 Å². The molecule has 0 bridgehead atoms. The molecule has 1 fully saturated rings. The number of rotatable bonds is 6. The number of anilines is 1. The van der Waals surface area contributed by atoms with Gasteiger partial charge in [-0.2, -0.15) is 11.8 Å². The van der Waals surface area contributed by atoms with Crippen molar-refractivity contribution in [1.82, 2.24) is 14.9 Å². The van der Waals surface area contributed by atoms with Crippen LogP contribution in [-0.4, -0.2) is 59.6 Å². The van der Waals surface area contributed by atoms with E-state index in [9.17, 15) is 4.79 Å². The predicted octanol–water partition coefficient (Wildman–Crippen LogP) is 3.82. The average molecular weight is 445 g/mol. The van der Waals surface area contributed by atoms with E-state index < -0.39 is 0 Å². The molecular formula is C21H24N4O3S2. The topological polar surface area (TPSA) is 76.6 Å². The highest BCUT2D eigenvalue weighted by Crippen LogP contribution is 2.35. The van der Waals surface area contributed by atoms with Gasteiger partial charge >= 0.3 is 0 Å². The summed E-state index contributed by atoms with van der Waals surface area (Å²) in [6, 6.07) is 5.78. The SMILES string of the molecule is COc1cccc(CNc2ncnc3sc(C(=O)N4CCSCC4)c(C)c23)c1OC. The Kier molecular flexibility index (Phi) is 6.29. The first-order valence-electron chi connectivity index (χ1n) is 9.69. The van der Waals surface area contributed by atoms with Crippen molar-refractivity contribution in [3.8, 4) is 11.5 Å². The first-order valence-corrected chi connectivity index (χ1v) is 11.7. The van der Waals surface area contributed by atoms with Gasteiger partial charge in [-0.25, -0.2) is 9.97 Å². The molecular weight excluding hydrogens is 420 g/mol. The second-order valence-electron chi connectivity index (χ2n) is 6.87. The van der Waals surface area contributed by atoms with Gasteiger partial charge in [-0.05, 0) is 18.6 Å². The molecule has 1 aliphatic heterocycles. The second kappa shape index (κ2) is 9.09. The van der Waals surface area contributed by atoms with E-state index in [1.165, 1.54) is 17.7 Å². The summed E-state index contributed by atoms with van der Waals surface area (Å²) >= 11 is 3.33. The molecule has 2 aromatic heterocycles. The molecule has 0 spiro atoms. The Morgan fingerprint density at radius 3 is 2.73 bits per heavy atom. The minimum atomic E-state index is 0.0937. The van der Waals surface area contributed by atoms with E-state index in [2.05, 4.69) is 15.3 Å². The van der Waals surface area contributed by atoms with Gasteiger partial charge < -0.3 is 19.7 Å². The van der Waals surface area contributed by atoms with E-state index in [-0.39, 0.29) is 5.91 Å². The van der Waals surface area contributed by atoms with Crippen molar-refractivity contribution in [3.63, 3.8) is 0 Å². The summed E-state index contributed by atoms with van der Waals surface area (Å²) in [7, 11) is 3.25. The fraction of sp³-hybridized carbons (Fsp3) is 0.381. The maximum Gasteiger partial charge on any atom is 0.264 e. The van der Waals surface area contributed by atoms with Crippen LogP contribution in [0.2, 0.25) is 0 Å². The summed E-state index contributed by atoms with van der Waals surface area (Å²) in [6.45, 7) is 4.08. The number of amides is 1. The quantitative estimate of drug-likeness (QED) is 0.619. The van der Waals surface area contributed by atoms with Crippen LogP contribution in [-0.2, 0) is 6.54 Å². The number of methoxy groups -OCH3 is 2. The molecule has 3 heterocycles. The molecule has 0 radical (unpaired) electrons. The number of aromatic nitrogens is 2. The molecule has 9 heteroatoms. The number of nitrogens with one attached hydrogen (secondary N) is 1. The molecule has 7 nitrogen and oxygen atoms in total. The number of carbonyl (C=O) groups excluding carboxylic acids is 1. The van der Waals surface area contributed by atoms with Gasteiger partial charge in [-0.15, -0.1) is 11.3 Å². The van der Waals surface area contributed by atoms with E-state index in [1.54, 1.807) is 14.2 Å². The number of ether oxygens (including phenoxy) is 2. The lowest BCUT2D eigenvalue weighted by Gasteiger charge is -2.26. The monoisotopic (exact) mass is 444 g/mol. The van der Waals surface area contributed by atoms with Gasteiger partial charge in [0, 0.05) is 36.7 Å². The molecule has 1 aromatic carbocycles. The highest BCUT2D eigenvalue weighted by atomic mass is 32.2. The van der Waals surface area contributed by atoms with Gasteiger partial charge in [0.15, 0.2) is 11.5 Å². The third-order valence-corrected chi connectivity index (χ3v) is 7.28. The van der Waals surface area contributed by atoms with E-state index in [4.69, 9.17) is 9.47 Å². The fourth-order valence-electron chi connectivity index (χ4n) is 3.59. The standard InChI is InChI=1S/C21H24N4O3S2/c1-13-16-19(22-11-14-5-4-6-15(27-2)17(14)28-3)23-12-24-20(16)30-18(13)21(26)25-7-9-29-10-8-25/h4-6,12H,7-11H2,1-3H3,(H,22,23,24). The minimum Gasteiger partial charge on any atom is -0.493 e. The molecule has 0 saturated carbocycles. The average Bonchev–Trinajstić information content (AvgIpc) is 3.14. The maximum absolute atomic E-state index is 13.1. The zero-order valence-corrected chi connectivity index (χ0v) is 18.9. The van der Waals surface area contributed by atoms with E-state index >= 15 is 0 Å². The number of hydrogen-bond donors (Lipinski definition) is 1. The molecule has 0 unspecified atom stereocenters. The van der Waals surface area contributed by atoms with Crippen molar-refractivity contribution >= 4 is 45.0 Å². The summed E-state index contributed by atoms with van der Waals surface area (Å²) in [5.74, 6) is 4.17. The number of fused-ring (bicyclic) bond motifs is 1. The van der Waals surface area contributed by atoms with Gasteiger partial charge in [0.2, 0.25) is 0 Å². The van der Waals surface area contributed by atoms with Crippen LogP contribution >= 0.6 is 23.1 Å². The van der Waals surface area contributed by atoms with Crippen molar-refractivity contribution in [2.75, 3.05) is 44.1 Å². The molecule has 1 amide bonds. The van der Waals surface area contributed by atoms with Crippen LogP contribution in [0.3, 0.4) is 0 Å². The van der Waals surface area contributed by atoms with Gasteiger partial charge in [0.1, 0.15) is 17.0 Å². The van der Waals surface area contributed by atoms with Gasteiger partial charge in [-0.3, -0.25) is 4.79 Å². The third kappa shape index (κ3) is 3.91. The highest BCUT2D eigenvalue weighted by molar-refractivity contribution is 7.99. The van der Waals surface area contributed by atoms with Crippen LogP contribution in [0.25, 0.3) is 10.2 Å². The van der Waals surface area contributed by atoms with Gasteiger partial charge in [-0.1, -0.05) is 12.1 Å². The molecule has 3 aromatic rings. The van der Waals surface area contributed by atoms with Gasteiger partial charge in [0.25, 0.3) is 5.91 Å². The maximum atomic E-state index is 13.1. The van der Waals surface area contributed by atoms with Crippen LogP contribution in [0.5, 0.6) is 11.5 Å². The fourth-order valence-corrected chi connectivity index (χ4v) is 5.61. The Labute approximate surface area is 183 Å². The van der Waals surface area contributed by atoms with E-state index in [0.29, 0.717) is 23.9 Å². The zero-order chi connectivity index (χ0) is 21.1. The Balaban J connectivity index is 1.63. The van der Waals surface area contributed by atoms with Crippen LogP contribution in [0.1, 0.15) is 20.8 Å². The molecule has 0 atom stereocenters.